The molecule has 3 N–H and O–H groups in total. The van der Waals surface area contributed by atoms with Gasteiger partial charge in [-0.1, -0.05) is 200 Å². The molecule has 60 heavy (non-hydrogen) atoms. The van der Waals surface area contributed by atoms with Gasteiger partial charge in [-0.25, -0.2) is 0 Å². The molecule has 0 aliphatic heterocycles. The number of rotatable bonds is 3. The summed E-state index contributed by atoms with van der Waals surface area (Å²) in [6.45, 7) is 0. The summed E-state index contributed by atoms with van der Waals surface area (Å²) in [6.07, 6.45) is 0. The first-order valence-electron chi connectivity index (χ1n) is 20.6. The number of hydrogen-bond acceptors (Lipinski definition) is 3. The van der Waals surface area contributed by atoms with E-state index in [1.165, 1.54) is 0 Å². The third-order valence-electron chi connectivity index (χ3n) is 13.9. The van der Waals surface area contributed by atoms with Gasteiger partial charge in [0.15, 0.2) is 0 Å². The molecule has 0 fully saturated rings. The normalized spacial score (nSPS) is 20.4. The third kappa shape index (κ3) is 3.95. The van der Waals surface area contributed by atoms with E-state index in [1.807, 2.05) is 127 Å². The molecule has 0 radical (unpaired) electrons. The average molecular weight is 769 g/mol. The molecule has 3 aliphatic carbocycles. The maximum Gasteiger partial charge on any atom is 0.142 e. The average Bonchev–Trinajstić information content (AvgIpc) is 3.85. The van der Waals surface area contributed by atoms with E-state index >= 15 is 0 Å². The maximum atomic E-state index is 14.4. The molecule has 10 aromatic carbocycles. The van der Waals surface area contributed by atoms with Crippen molar-refractivity contribution < 1.29 is 15.3 Å². The summed E-state index contributed by atoms with van der Waals surface area (Å²) >= 11 is 0. The second-order valence-electron chi connectivity index (χ2n) is 16.6. The van der Waals surface area contributed by atoms with Crippen molar-refractivity contribution in [3.63, 3.8) is 0 Å². The highest BCUT2D eigenvalue weighted by Gasteiger charge is 2.59. The van der Waals surface area contributed by atoms with Gasteiger partial charge in [0.05, 0.1) is 0 Å². The molecule has 3 atom stereocenters. The van der Waals surface area contributed by atoms with Crippen LogP contribution < -0.4 is 0 Å². The van der Waals surface area contributed by atoms with Crippen molar-refractivity contribution in [1.29, 1.82) is 0 Å². The zero-order chi connectivity index (χ0) is 40.0. The molecule has 282 valence electrons. The Labute approximate surface area is 346 Å². The highest BCUT2D eigenvalue weighted by molar-refractivity contribution is 6.08. The molecule has 0 bridgehead atoms. The van der Waals surface area contributed by atoms with Crippen LogP contribution in [0.3, 0.4) is 0 Å². The van der Waals surface area contributed by atoms with E-state index in [-0.39, 0.29) is 0 Å². The molecule has 0 saturated carbocycles. The number of benzene rings is 10. The predicted molar refractivity (Wildman–Crippen MR) is 241 cm³/mol. The van der Waals surface area contributed by atoms with Gasteiger partial charge in [0.2, 0.25) is 0 Å². The Morgan fingerprint density at radius 2 is 0.467 bits per heavy atom. The first-order chi connectivity index (χ1) is 29.4. The van der Waals surface area contributed by atoms with E-state index in [9.17, 15) is 15.3 Å². The molecule has 0 spiro atoms. The van der Waals surface area contributed by atoms with Crippen LogP contribution in [0, 0.1) is 0 Å². The highest BCUT2D eigenvalue weighted by atomic mass is 16.3. The van der Waals surface area contributed by atoms with Crippen LogP contribution in [0.15, 0.2) is 200 Å². The second kappa shape index (κ2) is 11.7. The zero-order valence-corrected chi connectivity index (χ0v) is 32.4. The minimum atomic E-state index is -1.70. The van der Waals surface area contributed by atoms with E-state index in [1.54, 1.807) is 0 Å². The van der Waals surface area contributed by atoms with Crippen LogP contribution in [0.5, 0.6) is 0 Å². The summed E-state index contributed by atoms with van der Waals surface area (Å²) < 4.78 is 0. The number of aliphatic hydroxyl groups is 3. The van der Waals surface area contributed by atoms with Crippen molar-refractivity contribution in [1.82, 2.24) is 0 Å². The summed E-state index contributed by atoms with van der Waals surface area (Å²) in [5.41, 5.74) is 6.30. The summed E-state index contributed by atoms with van der Waals surface area (Å²) in [6, 6.07) is 67.5. The largest absolute Gasteiger partial charge is 0.376 e. The van der Waals surface area contributed by atoms with Crippen LogP contribution in [-0.4, -0.2) is 15.3 Å². The molecule has 0 aromatic heterocycles. The molecule has 0 saturated heterocycles. The number of hydrogen-bond donors (Lipinski definition) is 3. The fraction of sp³-hybridized carbons (Fsp3) is 0.0526. The van der Waals surface area contributed by atoms with Gasteiger partial charge in [0.25, 0.3) is 0 Å². The van der Waals surface area contributed by atoms with E-state index < -0.39 is 16.8 Å². The Balaban J connectivity index is 1.31. The molecule has 0 heterocycles. The fourth-order valence-corrected chi connectivity index (χ4v) is 11.6. The lowest BCUT2D eigenvalue weighted by Gasteiger charge is -2.35. The molecule has 0 amide bonds. The van der Waals surface area contributed by atoms with Gasteiger partial charge >= 0.3 is 0 Å². The van der Waals surface area contributed by atoms with Crippen molar-refractivity contribution in [2.75, 3.05) is 0 Å². The van der Waals surface area contributed by atoms with Gasteiger partial charge in [-0.05, 0) is 65.7 Å². The van der Waals surface area contributed by atoms with Crippen LogP contribution >= 0.6 is 0 Å². The number of fused-ring (bicyclic) bond motifs is 15. The molecule has 0 unspecified atom stereocenters. The Morgan fingerprint density at radius 3 is 0.783 bits per heavy atom. The van der Waals surface area contributed by atoms with E-state index in [4.69, 9.17) is 0 Å². The van der Waals surface area contributed by atoms with E-state index in [0.717, 1.165) is 99.1 Å². The van der Waals surface area contributed by atoms with E-state index in [2.05, 4.69) is 72.8 Å². The first-order valence-corrected chi connectivity index (χ1v) is 20.6. The minimum Gasteiger partial charge on any atom is -0.376 e. The van der Waals surface area contributed by atoms with Crippen molar-refractivity contribution in [2.24, 2.45) is 0 Å². The molecule has 3 nitrogen and oxygen atoms in total. The minimum absolute atomic E-state index is 0.670. The maximum absolute atomic E-state index is 14.4. The second-order valence-corrected chi connectivity index (χ2v) is 16.6. The van der Waals surface area contributed by atoms with Gasteiger partial charge in [-0.3, -0.25) is 0 Å². The lowest BCUT2D eigenvalue weighted by Crippen LogP contribution is -2.32. The summed E-state index contributed by atoms with van der Waals surface area (Å²) in [7, 11) is 0. The quantitative estimate of drug-likeness (QED) is 0.168. The lowest BCUT2D eigenvalue weighted by molar-refractivity contribution is 0.124. The molecule has 3 heteroatoms. The van der Waals surface area contributed by atoms with Crippen molar-refractivity contribution in [3.8, 4) is 33.4 Å². The van der Waals surface area contributed by atoms with Gasteiger partial charge in [0, 0.05) is 50.1 Å². The Hall–Kier alpha value is -7.14. The van der Waals surface area contributed by atoms with Crippen LogP contribution in [-0.2, 0) is 16.8 Å². The molecule has 10 aromatic rings. The third-order valence-corrected chi connectivity index (χ3v) is 13.9. The fourth-order valence-electron chi connectivity index (χ4n) is 11.6. The van der Waals surface area contributed by atoms with Crippen LogP contribution in [0.2, 0.25) is 0 Å². The van der Waals surface area contributed by atoms with E-state index in [0.29, 0.717) is 16.7 Å². The summed E-state index contributed by atoms with van der Waals surface area (Å²) in [4.78, 5) is 0. The Morgan fingerprint density at radius 1 is 0.233 bits per heavy atom. The smallest absolute Gasteiger partial charge is 0.142 e. The SMILES string of the molecule is O[C@]1(c2cccc3ccccc23)c2ccccc2-c2c1c1c(c3c2[C@](O)(c2cccc4ccccc24)c2ccccc2-3)[C@](O)(c2cccc3ccccc23)c2ccccc2-1. The van der Waals surface area contributed by atoms with Crippen LogP contribution in [0.1, 0.15) is 50.1 Å². The van der Waals surface area contributed by atoms with Gasteiger partial charge in [-0.2, -0.15) is 0 Å². The topological polar surface area (TPSA) is 60.7 Å². The Bertz CT molecular complexity index is 3100. The monoisotopic (exact) mass is 768 g/mol. The zero-order valence-electron chi connectivity index (χ0n) is 32.4. The predicted octanol–water partition coefficient (Wildman–Crippen LogP) is 11.9. The van der Waals surface area contributed by atoms with Gasteiger partial charge in [0.1, 0.15) is 16.8 Å². The lowest BCUT2D eigenvalue weighted by atomic mass is 9.72. The molecular formula is C57H36O3. The van der Waals surface area contributed by atoms with Crippen molar-refractivity contribution >= 4 is 32.3 Å². The van der Waals surface area contributed by atoms with Crippen LogP contribution in [0.4, 0.5) is 0 Å². The Kier molecular flexibility index (Phi) is 6.62. The molecule has 13 rings (SSSR count). The van der Waals surface area contributed by atoms with Crippen molar-refractivity contribution in [2.45, 2.75) is 16.8 Å². The van der Waals surface area contributed by atoms with Crippen LogP contribution in [0.25, 0.3) is 65.7 Å². The standard InChI is InChI=1S/C57H36O3/c58-55(43-31-13-19-34-16-1-4-22-37(34)43)46-28-10-7-25-40(46)49-52(55)50-41-26-8-11-29-47(41)56(59,44-32-14-20-35-17-2-5-23-38(35)44)54(50)51-42-27-9-12-30-48(42)57(60,53(49)51)45-33-15-21-36-18-3-6-24-39(36)45/h1-33,58-60H/t55-,56-,57+/m0/s1. The first kappa shape index (κ1) is 33.8. The molecular weight excluding hydrogens is 733 g/mol. The van der Waals surface area contributed by atoms with Crippen molar-refractivity contribution in [3.05, 3.63) is 250 Å². The highest BCUT2D eigenvalue weighted by Crippen LogP contribution is 2.69. The summed E-state index contributed by atoms with van der Waals surface area (Å²) in [5, 5.41) is 48.9. The molecule has 3 aliphatic rings. The van der Waals surface area contributed by atoms with Gasteiger partial charge < -0.3 is 15.3 Å². The van der Waals surface area contributed by atoms with Gasteiger partial charge in [-0.15, -0.1) is 0 Å². The summed E-state index contributed by atoms with van der Waals surface area (Å²) in [5.74, 6) is 0.